The van der Waals surface area contributed by atoms with Crippen molar-refractivity contribution in [3.63, 3.8) is 0 Å². The van der Waals surface area contributed by atoms with Crippen molar-refractivity contribution < 1.29 is 33.8 Å². The van der Waals surface area contributed by atoms with Crippen molar-refractivity contribution >= 4 is 18.9 Å². The number of hydrogen-bond acceptors (Lipinski definition) is 6. The van der Waals surface area contributed by atoms with E-state index in [2.05, 4.69) is 9.51 Å². The number of aliphatic hydroxyl groups excluding tert-OH is 2. The maximum absolute atomic E-state index is 11.1. The van der Waals surface area contributed by atoms with Gasteiger partial charge in [0.25, 0.3) is 0 Å². The van der Waals surface area contributed by atoms with Gasteiger partial charge in [0.15, 0.2) is 6.23 Å². The number of nitrogens with zero attached hydrogens (tertiary/aromatic N) is 2. The van der Waals surface area contributed by atoms with Gasteiger partial charge in [0.1, 0.15) is 18.3 Å². The van der Waals surface area contributed by atoms with Crippen LogP contribution in [0.5, 0.6) is 0 Å². The molecule has 2 heterocycles. The predicted molar refractivity (Wildman–Crippen MR) is 83.1 cm³/mol. The molecule has 0 aliphatic carbocycles. The van der Waals surface area contributed by atoms with Crippen molar-refractivity contribution in [3.05, 3.63) is 29.6 Å². The van der Waals surface area contributed by atoms with E-state index in [-0.39, 0.29) is 0 Å². The molecule has 0 radical (unpaired) electrons. The number of phosphoric acid groups is 1. The number of fused-ring (bicyclic) bond motifs is 1. The van der Waals surface area contributed by atoms with E-state index in [1.165, 1.54) is 6.33 Å². The number of imidazole rings is 1. The molecule has 4 atom stereocenters. The largest absolute Gasteiger partial charge is 0.470 e. The summed E-state index contributed by atoms with van der Waals surface area (Å²) in [5, 5.41) is 19.8. The summed E-state index contributed by atoms with van der Waals surface area (Å²) in [4.78, 5) is 22.2. The van der Waals surface area contributed by atoms with Gasteiger partial charge in [0.2, 0.25) is 0 Å². The van der Waals surface area contributed by atoms with Gasteiger partial charge < -0.3 is 29.3 Å². The minimum atomic E-state index is -4.84. The lowest BCUT2D eigenvalue weighted by Gasteiger charge is -2.20. The topological polar surface area (TPSA) is 134 Å². The second kappa shape index (κ2) is 6.20. The number of aryl methyl sites for hydroxylation is 2. The van der Waals surface area contributed by atoms with Crippen LogP contribution in [0.3, 0.4) is 0 Å². The molecule has 24 heavy (non-hydrogen) atoms. The molecule has 0 spiro atoms. The fourth-order valence-corrected chi connectivity index (χ4v) is 3.45. The normalized spacial score (nSPS) is 27.9. The second-order valence-electron chi connectivity index (χ2n) is 5.88. The summed E-state index contributed by atoms with van der Waals surface area (Å²) in [6.07, 6.45) is -3.31. The molecule has 0 unspecified atom stereocenters. The lowest BCUT2D eigenvalue weighted by molar-refractivity contribution is -0.0507. The number of aromatic nitrogens is 2. The van der Waals surface area contributed by atoms with E-state index >= 15 is 0 Å². The van der Waals surface area contributed by atoms with Gasteiger partial charge in [-0.1, -0.05) is 0 Å². The molecule has 1 aromatic carbocycles. The first-order valence-electron chi connectivity index (χ1n) is 7.33. The molecular formula is C14H19N2O7P. The SMILES string of the molecule is Cc1cc2ncn([C@H]3O[C@H](CO)[C@@H](OP(=O)(O)O)[C@H]3O)c2cc1C. The fraction of sp³-hybridized carbons (Fsp3) is 0.500. The zero-order valence-corrected chi connectivity index (χ0v) is 14.0. The Kier molecular flexibility index (Phi) is 4.52. The molecule has 3 rings (SSSR count). The molecule has 10 heteroatoms. The molecule has 1 aromatic heterocycles. The standard InChI is InChI=1S/C14H19N2O7P/c1-7-3-9-10(4-8(7)2)16(6-15-9)14-12(18)13(11(5-17)22-14)23-24(19,20)21/h3-4,6,11-14,17-18H,5H2,1-2H3,(H2,19,20,21)/t11-,12-,13-,14+/m1/s1. The molecule has 1 fully saturated rings. The zero-order valence-electron chi connectivity index (χ0n) is 13.1. The molecule has 0 saturated carbocycles. The van der Waals surface area contributed by atoms with Crippen molar-refractivity contribution in [1.29, 1.82) is 0 Å². The molecule has 1 aliphatic rings. The molecule has 1 saturated heterocycles. The van der Waals surface area contributed by atoms with Gasteiger partial charge in [0.05, 0.1) is 24.0 Å². The summed E-state index contributed by atoms with van der Waals surface area (Å²) in [6, 6.07) is 3.79. The molecule has 0 bridgehead atoms. The van der Waals surface area contributed by atoms with Crippen LogP contribution in [0, 0.1) is 13.8 Å². The fourth-order valence-electron chi connectivity index (χ4n) is 2.87. The van der Waals surface area contributed by atoms with E-state index < -0.39 is 39.0 Å². The highest BCUT2D eigenvalue weighted by Crippen LogP contribution is 2.44. The Morgan fingerprint density at radius 3 is 2.62 bits per heavy atom. The third kappa shape index (κ3) is 3.12. The van der Waals surface area contributed by atoms with Crippen LogP contribution in [0.15, 0.2) is 18.5 Å². The quantitative estimate of drug-likeness (QED) is 0.577. The van der Waals surface area contributed by atoms with Crippen LogP contribution in [0.2, 0.25) is 0 Å². The van der Waals surface area contributed by atoms with Crippen LogP contribution in [0.1, 0.15) is 17.4 Å². The van der Waals surface area contributed by atoms with Gasteiger partial charge >= 0.3 is 7.82 Å². The number of rotatable bonds is 4. The third-order valence-electron chi connectivity index (χ3n) is 4.21. The lowest BCUT2D eigenvalue weighted by atomic mass is 10.1. The maximum Gasteiger partial charge on any atom is 0.470 e. The number of ether oxygens (including phenoxy) is 1. The van der Waals surface area contributed by atoms with Gasteiger partial charge in [-0.15, -0.1) is 0 Å². The Labute approximate surface area is 137 Å². The van der Waals surface area contributed by atoms with Crippen molar-refractivity contribution in [2.75, 3.05) is 6.61 Å². The number of aliphatic hydroxyl groups is 2. The highest BCUT2D eigenvalue weighted by atomic mass is 31.2. The first kappa shape index (κ1) is 17.5. The summed E-state index contributed by atoms with van der Waals surface area (Å²) >= 11 is 0. The monoisotopic (exact) mass is 358 g/mol. The van der Waals surface area contributed by atoms with E-state index in [1.54, 1.807) is 4.57 Å². The van der Waals surface area contributed by atoms with Crippen molar-refractivity contribution in [2.45, 2.75) is 38.4 Å². The van der Waals surface area contributed by atoms with Crippen LogP contribution >= 0.6 is 7.82 Å². The zero-order chi connectivity index (χ0) is 17.6. The van der Waals surface area contributed by atoms with E-state index in [9.17, 15) is 14.8 Å². The molecular weight excluding hydrogens is 339 g/mol. The number of benzene rings is 1. The molecule has 9 nitrogen and oxygen atoms in total. The van der Waals surface area contributed by atoms with Crippen LogP contribution in [0.25, 0.3) is 11.0 Å². The molecule has 132 valence electrons. The predicted octanol–water partition coefficient (Wildman–Crippen LogP) is 0.382. The highest BCUT2D eigenvalue weighted by molar-refractivity contribution is 7.46. The summed E-state index contributed by atoms with van der Waals surface area (Å²) in [5.41, 5.74) is 3.50. The average molecular weight is 358 g/mol. The third-order valence-corrected chi connectivity index (χ3v) is 4.73. The minimum absolute atomic E-state index is 0.553. The smallest absolute Gasteiger partial charge is 0.394 e. The molecule has 0 amide bonds. The van der Waals surface area contributed by atoms with E-state index in [0.29, 0.717) is 11.0 Å². The van der Waals surface area contributed by atoms with E-state index in [4.69, 9.17) is 14.5 Å². The summed E-state index contributed by atoms with van der Waals surface area (Å²) in [6.45, 7) is 3.34. The number of phosphoric ester groups is 1. The minimum Gasteiger partial charge on any atom is -0.394 e. The summed E-state index contributed by atoms with van der Waals surface area (Å²) in [5.74, 6) is 0. The lowest BCUT2D eigenvalue weighted by Crippen LogP contribution is -2.35. The van der Waals surface area contributed by atoms with Gasteiger partial charge in [-0.3, -0.25) is 4.52 Å². The Morgan fingerprint density at radius 2 is 2.00 bits per heavy atom. The molecule has 2 aromatic rings. The van der Waals surface area contributed by atoms with Gasteiger partial charge in [-0.2, -0.15) is 0 Å². The Hall–Kier alpha value is -1.32. The van der Waals surface area contributed by atoms with Crippen molar-refractivity contribution in [1.82, 2.24) is 9.55 Å². The van der Waals surface area contributed by atoms with Gasteiger partial charge in [-0.05, 0) is 37.1 Å². The first-order chi connectivity index (χ1) is 11.2. The Morgan fingerprint density at radius 1 is 1.33 bits per heavy atom. The van der Waals surface area contributed by atoms with Crippen molar-refractivity contribution in [2.24, 2.45) is 0 Å². The molecule has 4 N–H and O–H groups in total. The van der Waals surface area contributed by atoms with Crippen LogP contribution in [-0.2, 0) is 13.8 Å². The van der Waals surface area contributed by atoms with Crippen LogP contribution in [0.4, 0.5) is 0 Å². The van der Waals surface area contributed by atoms with Crippen LogP contribution < -0.4 is 0 Å². The second-order valence-corrected chi connectivity index (χ2v) is 7.07. The Balaban J connectivity index is 1.98. The van der Waals surface area contributed by atoms with E-state index in [0.717, 1.165) is 11.1 Å². The summed E-state index contributed by atoms with van der Waals surface area (Å²) < 4.78 is 22.8. The Bertz CT molecular complexity index is 802. The maximum atomic E-state index is 11.1. The average Bonchev–Trinajstić information content (AvgIpc) is 3.00. The highest BCUT2D eigenvalue weighted by Gasteiger charge is 2.48. The van der Waals surface area contributed by atoms with Gasteiger partial charge in [0, 0.05) is 0 Å². The van der Waals surface area contributed by atoms with E-state index in [1.807, 2.05) is 26.0 Å². The number of hydrogen-bond donors (Lipinski definition) is 4. The van der Waals surface area contributed by atoms with Crippen LogP contribution in [-0.4, -0.2) is 54.5 Å². The summed E-state index contributed by atoms with van der Waals surface area (Å²) in [7, 11) is -4.84. The molecule has 1 aliphatic heterocycles. The van der Waals surface area contributed by atoms with Gasteiger partial charge in [-0.25, -0.2) is 9.55 Å². The van der Waals surface area contributed by atoms with Crippen molar-refractivity contribution in [3.8, 4) is 0 Å². The first-order valence-corrected chi connectivity index (χ1v) is 8.86.